The molecule has 2 unspecified atom stereocenters. The molecule has 5 rings (SSSR count). The van der Waals surface area contributed by atoms with Crippen LogP contribution in [0.1, 0.15) is 77.7 Å². The molecule has 1 aromatic rings. The van der Waals surface area contributed by atoms with Gasteiger partial charge in [-0.1, -0.05) is 32.9 Å². The first-order valence-electron chi connectivity index (χ1n) is 11.2. The molecule has 4 aliphatic carbocycles. The average Bonchev–Trinajstić information content (AvgIpc) is 3.02. The summed E-state index contributed by atoms with van der Waals surface area (Å²) < 4.78 is 28.3. The molecule has 0 aromatic carbocycles. The Balaban J connectivity index is 1.48. The molecule has 0 spiro atoms. The van der Waals surface area contributed by atoms with Gasteiger partial charge in [0.2, 0.25) is 5.92 Å². The molecule has 0 bridgehead atoms. The lowest BCUT2D eigenvalue weighted by atomic mass is 9.39. The Kier molecular flexibility index (Phi) is 3.95. The maximum Gasteiger partial charge on any atom is 0.248 e. The Morgan fingerprint density at radius 2 is 1.79 bits per heavy atom. The van der Waals surface area contributed by atoms with Crippen LogP contribution < -0.4 is 0 Å². The van der Waals surface area contributed by atoms with Gasteiger partial charge in [-0.25, -0.2) is 8.78 Å². The molecule has 1 heterocycles. The minimum atomic E-state index is -2.44. The average molecular weight is 386 g/mol. The number of aromatic nitrogens is 1. The van der Waals surface area contributed by atoms with Crippen LogP contribution in [0.15, 0.2) is 30.6 Å². The molecule has 0 saturated heterocycles. The fourth-order valence-corrected chi connectivity index (χ4v) is 8.37. The molecule has 1 aromatic heterocycles. The normalized spacial score (nSPS) is 46.9. The third kappa shape index (κ3) is 2.43. The van der Waals surface area contributed by atoms with E-state index in [1.165, 1.54) is 24.0 Å². The van der Waals surface area contributed by atoms with Crippen LogP contribution >= 0.6 is 0 Å². The van der Waals surface area contributed by atoms with Crippen LogP contribution in [0.3, 0.4) is 0 Å². The van der Waals surface area contributed by atoms with E-state index < -0.39 is 5.92 Å². The fraction of sp³-hybridized carbons (Fsp3) is 0.720. The zero-order valence-electron chi connectivity index (χ0n) is 17.5. The number of pyridine rings is 1. The van der Waals surface area contributed by atoms with Gasteiger partial charge in [-0.15, -0.1) is 0 Å². The molecular weight excluding hydrogens is 352 g/mol. The molecule has 3 saturated carbocycles. The van der Waals surface area contributed by atoms with Crippen molar-refractivity contribution in [2.45, 2.75) is 78.1 Å². The molecule has 28 heavy (non-hydrogen) atoms. The summed E-state index contributed by atoms with van der Waals surface area (Å²) in [5.41, 5.74) is 3.29. The molecule has 6 atom stereocenters. The molecule has 0 radical (unpaired) electrons. The highest BCUT2D eigenvalue weighted by molar-refractivity contribution is 5.72. The molecule has 4 aliphatic rings. The summed E-state index contributed by atoms with van der Waals surface area (Å²) in [6.07, 6.45) is 12.8. The first kappa shape index (κ1) is 18.8. The third-order valence-electron chi connectivity index (χ3n) is 9.79. The molecule has 0 amide bonds. The molecule has 0 aliphatic heterocycles. The van der Waals surface area contributed by atoms with Crippen molar-refractivity contribution >= 4 is 5.57 Å². The zero-order chi connectivity index (χ0) is 19.8. The number of hydrogen-bond acceptors (Lipinski definition) is 1. The zero-order valence-corrected chi connectivity index (χ0v) is 17.5. The summed E-state index contributed by atoms with van der Waals surface area (Å²) in [5.74, 6) is -1.04. The summed E-state index contributed by atoms with van der Waals surface area (Å²) in [5, 5.41) is 0. The number of alkyl halides is 2. The Morgan fingerprint density at radius 1 is 0.964 bits per heavy atom. The van der Waals surface area contributed by atoms with Gasteiger partial charge in [-0.2, -0.15) is 0 Å². The summed E-state index contributed by atoms with van der Waals surface area (Å²) in [4.78, 5) is 4.36. The van der Waals surface area contributed by atoms with Crippen LogP contribution in [0.4, 0.5) is 8.78 Å². The van der Waals surface area contributed by atoms with Crippen molar-refractivity contribution in [2.75, 3.05) is 0 Å². The number of nitrogens with zero attached hydrogens (tertiary/aromatic N) is 1. The Labute approximate surface area is 168 Å². The Morgan fingerprint density at radius 3 is 2.54 bits per heavy atom. The summed E-state index contributed by atoms with van der Waals surface area (Å²) in [7, 11) is 0. The van der Waals surface area contributed by atoms with Gasteiger partial charge < -0.3 is 0 Å². The van der Waals surface area contributed by atoms with E-state index in [0.29, 0.717) is 18.3 Å². The topological polar surface area (TPSA) is 12.9 Å². The van der Waals surface area contributed by atoms with Crippen molar-refractivity contribution in [3.63, 3.8) is 0 Å². The highest BCUT2D eigenvalue weighted by atomic mass is 19.3. The van der Waals surface area contributed by atoms with Crippen LogP contribution in [0.5, 0.6) is 0 Å². The van der Waals surface area contributed by atoms with Crippen molar-refractivity contribution in [1.82, 2.24) is 4.98 Å². The Bertz CT molecular complexity index is 802. The van der Waals surface area contributed by atoms with E-state index >= 15 is 0 Å². The van der Waals surface area contributed by atoms with E-state index in [0.717, 1.165) is 19.3 Å². The van der Waals surface area contributed by atoms with E-state index in [-0.39, 0.29) is 35.0 Å². The second kappa shape index (κ2) is 5.89. The molecule has 3 fully saturated rings. The van der Waals surface area contributed by atoms with Gasteiger partial charge in [0.15, 0.2) is 0 Å². The first-order valence-corrected chi connectivity index (χ1v) is 11.2. The van der Waals surface area contributed by atoms with E-state index in [1.807, 2.05) is 18.5 Å². The summed E-state index contributed by atoms with van der Waals surface area (Å²) in [6, 6.07) is 4.23. The molecular formula is C25H33F2N. The van der Waals surface area contributed by atoms with Crippen molar-refractivity contribution in [2.24, 2.45) is 34.0 Å². The maximum absolute atomic E-state index is 14.2. The van der Waals surface area contributed by atoms with Crippen molar-refractivity contribution in [1.29, 1.82) is 0 Å². The standard InChI is InChI=1S/C25H33F2N/c1-22-12-13-25(26,27)15-18(22)8-10-24(3)20-7-6-19(17-5-4-14-28-16-17)23(20,2)11-9-21(22)24/h4-6,14,16,18,20-21H,7-13,15H2,1-3H3/t18?,20-,21-,22+,23-,24?/m1/s1. The highest BCUT2D eigenvalue weighted by Gasteiger charge is 2.65. The first-order chi connectivity index (χ1) is 13.2. The van der Waals surface area contributed by atoms with Crippen molar-refractivity contribution < 1.29 is 8.78 Å². The van der Waals surface area contributed by atoms with Gasteiger partial charge >= 0.3 is 0 Å². The largest absolute Gasteiger partial charge is 0.264 e. The quantitative estimate of drug-likeness (QED) is 0.500. The maximum atomic E-state index is 14.2. The number of hydrogen-bond donors (Lipinski definition) is 0. The third-order valence-corrected chi connectivity index (χ3v) is 9.79. The Hall–Kier alpha value is -1.25. The molecule has 152 valence electrons. The lowest BCUT2D eigenvalue weighted by molar-refractivity contribution is -0.189. The van der Waals surface area contributed by atoms with E-state index in [1.54, 1.807) is 0 Å². The van der Waals surface area contributed by atoms with Gasteiger partial charge in [0.05, 0.1) is 0 Å². The predicted molar refractivity (Wildman–Crippen MR) is 109 cm³/mol. The van der Waals surface area contributed by atoms with Gasteiger partial charge in [0, 0.05) is 25.2 Å². The second-order valence-electron chi connectivity index (χ2n) is 11.0. The van der Waals surface area contributed by atoms with Gasteiger partial charge in [0.25, 0.3) is 0 Å². The predicted octanol–water partition coefficient (Wildman–Crippen LogP) is 7.14. The molecule has 1 nitrogen and oxygen atoms in total. The van der Waals surface area contributed by atoms with Gasteiger partial charge in [-0.3, -0.25) is 4.98 Å². The molecule has 3 heteroatoms. The number of rotatable bonds is 1. The second-order valence-corrected chi connectivity index (χ2v) is 11.0. The van der Waals surface area contributed by atoms with E-state index in [4.69, 9.17) is 0 Å². The van der Waals surface area contributed by atoms with Crippen LogP contribution in [-0.4, -0.2) is 10.9 Å². The lowest BCUT2D eigenvalue weighted by Gasteiger charge is -2.65. The lowest BCUT2D eigenvalue weighted by Crippen LogP contribution is -2.59. The van der Waals surface area contributed by atoms with Gasteiger partial charge in [0.1, 0.15) is 0 Å². The highest BCUT2D eigenvalue weighted by Crippen LogP contribution is 2.72. The summed E-state index contributed by atoms with van der Waals surface area (Å²) in [6.45, 7) is 7.34. The molecule has 0 N–H and O–H groups in total. The van der Waals surface area contributed by atoms with Crippen LogP contribution in [0.2, 0.25) is 0 Å². The minimum Gasteiger partial charge on any atom is -0.264 e. The summed E-state index contributed by atoms with van der Waals surface area (Å²) >= 11 is 0. The number of allylic oxidation sites excluding steroid dienone is 2. The van der Waals surface area contributed by atoms with Crippen LogP contribution in [0.25, 0.3) is 5.57 Å². The minimum absolute atomic E-state index is 0.0903. The van der Waals surface area contributed by atoms with E-state index in [2.05, 4.69) is 37.9 Å². The monoisotopic (exact) mass is 385 g/mol. The van der Waals surface area contributed by atoms with Crippen molar-refractivity contribution in [3.05, 3.63) is 36.2 Å². The SMILES string of the molecule is CC12CCC3CC(F)(F)CC[C@]3(C)[C@H]1CC[C@]1(C)C(c3cccnc3)=CC[C@@H]21. The van der Waals surface area contributed by atoms with E-state index in [9.17, 15) is 8.78 Å². The fourth-order valence-electron chi connectivity index (χ4n) is 8.37. The van der Waals surface area contributed by atoms with Crippen LogP contribution in [0, 0.1) is 34.0 Å². The smallest absolute Gasteiger partial charge is 0.248 e. The number of halogens is 2. The van der Waals surface area contributed by atoms with Gasteiger partial charge in [-0.05, 0) is 89.7 Å². The van der Waals surface area contributed by atoms with Crippen molar-refractivity contribution in [3.8, 4) is 0 Å². The number of fused-ring (bicyclic) bond motifs is 5. The van der Waals surface area contributed by atoms with Crippen LogP contribution in [-0.2, 0) is 0 Å².